The zero-order valence-electron chi connectivity index (χ0n) is 7.42. The number of carbonyl (C=O) groups is 2. The van der Waals surface area contributed by atoms with Crippen LogP contribution in [0.3, 0.4) is 0 Å². The average Bonchev–Trinajstić information content (AvgIpc) is 1.25. The Morgan fingerprint density at radius 2 is 1.20 bits per heavy atom. The molecule has 0 saturated carbocycles. The molecule has 6 heteroatoms. The molecule has 2 N–H and O–H groups in total. The van der Waals surface area contributed by atoms with Crippen molar-refractivity contribution in [3.63, 3.8) is 0 Å². The van der Waals surface area contributed by atoms with E-state index in [1.807, 2.05) is 0 Å². The van der Waals surface area contributed by atoms with Crippen LogP contribution < -0.4 is 0 Å². The molecule has 10 heavy (non-hydrogen) atoms. The van der Waals surface area contributed by atoms with E-state index in [2.05, 4.69) is 0 Å². The van der Waals surface area contributed by atoms with Gasteiger partial charge in [-0.15, -0.1) is 0 Å². The monoisotopic (exact) mass is 192 g/mol. The Bertz CT molecular complexity index is 83.1. The minimum absolute atomic E-state index is 0. The fourth-order valence-corrected chi connectivity index (χ4v) is 0. The number of rotatable bonds is 0. The molecule has 0 aliphatic rings. The molecule has 0 spiro atoms. The summed E-state index contributed by atoms with van der Waals surface area (Å²) in [5.74, 6) is 0.167. The fourth-order valence-electron chi connectivity index (χ4n) is 0. The van der Waals surface area contributed by atoms with Crippen LogP contribution in [-0.2, 0) is 4.79 Å². The maximum absolute atomic E-state index is 9.44. The van der Waals surface area contributed by atoms with Gasteiger partial charge in [0.1, 0.15) is 5.78 Å². The minimum atomic E-state index is -1.83. The normalized spacial score (nSPS) is 5.00. The zero-order chi connectivity index (χ0) is 7.15. The van der Waals surface area contributed by atoms with Crippen molar-refractivity contribution in [1.29, 1.82) is 0 Å². The van der Waals surface area contributed by atoms with Crippen LogP contribution >= 0.6 is 0 Å². The number of carbonyl (C=O) groups excluding carboxylic acids is 1. The molecule has 0 atom stereocenters. The van der Waals surface area contributed by atoms with Gasteiger partial charge in [0.05, 0.1) is 0 Å². The quantitative estimate of drug-likeness (QED) is 0.506. The molecule has 4 nitrogen and oxygen atoms in total. The maximum Gasteiger partial charge on any atom is 2.00 e. The molecule has 0 aromatic carbocycles. The smallest absolute Gasteiger partial charge is 1.00 e. The first-order valence-electron chi connectivity index (χ1n) is 1.86. The second kappa shape index (κ2) is 16.4. The topological polar surface area (TPSA) is 74.6 Å². The van der Waals surface area contributed by atoms with E-state index in [1.165, 1.54) is 13.8 Å². The summed E-state index contributed by atoms with van der Waals surface area (Å²) in [5.41, 5.74) is 0. The van der Waals surface area contributed by atoms with Gasteiger partial charge in [0.2, 0.25) is 0 Å². The first kappa shape index (κ1) is 22.4. The summed E-state index contributed by atoms with van der Waals surface area (Å²) in [4.78, 5) is 18.0. The number of hydrogen-bond donors (Lipinski definition) is 2. The second-order valence-electron chi connectivity index (χ2n) is 1.19. The van der Waals surface area contributed by atoms with Crippen molar-refractivity contribution < 1.29 is 22.7 Å². The molecule has 0 heterocycles. The molecule has 0 fully saturated rings. The largest absolute Gasteiger partial charge is 2.00 e. The molecule has 0 aromatic rings. The molecule has 0 rings (SSSR count). The Morgan fingerprint density at radius 3 is 1.20 bits per heavy atom. The van der Waals surface area contributed by atoms with E-state index in [1.54, 1.807) is 0 Å². The van der Waals surface area contributed by atoms with Gasteiger partial charge in [-0.25, -0.2) is 4.79 Å². The van der Waals surface area contributed by atoms with E-state index in [0.717, 1.165) is 0 Å². The Hall–Kier alpha value is 0.732. The van der Waals surface area contributed by atoms with E-state index in [-0.39, 0.29) is 63.7 Å². The molecule has 0 aliphatic carbocycles. The first-order valence-corrected chi connectivity index (χ1v) is 1.86. The molecule has 0 amide bonds. The van der Waals surface area contributed by atoms with E-state index >= 15 is 0 Å². The molecule has 0 radical (unpaired) electrons. The van der Waals surface area contributed by atoms with Crippen LogP contribution in [0, 0.1) is 0 Å². The SMILES string of the molecule is CC(C)=O.O=C(O)O.[AlH3].[Ca+2].[H-].[H-]. The third-order valence-corrected chi connectivity index (χ3v) is 0. The fraction of sp³-hybridized carbons (Fsp3) is 0.500. The molecule has 58 valence electrons. The predicted octanol–water partition coefficient (Wildman–Crippen LogP) is -0.522. The number of carboxylic acid groups (broad SMARTS) is 2. The zero-order valence-corrected chi connectivity index (χ0v) is 7.63. The average molecular weight is 192 g/mol. The summed E-state index contributed by atoms with van der Waals surface area (Å²) < 4.78 is 0. The molecule has 0 aliphatic heterocycles. The van der Waals surface area contributed by atoms with Gasteiger partial charge >= 0.3 is 43.9 Å². The minimum Gasteiger partial charge on any atom is -1.00 e. The number of hydrogen-bond acceptors (Lipinski definition) is 2. The summed E-state index contributed by atoms with van der Waals surface area (Å²) >= 11 is 0. The van der Waals surface area contributed by atoms with Crippen LogP contribution in [0.2, 0.25) is 0 Å². The van der Waals surface area contributed by atoms with Gasteiger partial charge in [0.15, 0.2) is 17.4 Å². The third kappa shape index (κ3) is 974. The van der Waals surface area contributed by atoms with Crippen LogP contribution in [0.15, 0.2) is 0 Å². The predicted molar refractivity (Wildman–Crippen MR) is 44.9 cm³/mol. The van der Waals surface area contributed by atoms with Crippen LogP contribution in [0.4, 0.5) is 4.79 Å². The second-order valence-corrected chi connectivity index (χ2v) is 1.19. The van der Waals surface area contributed by atoms with Crippen molar-refractivity contribution in [3.05, 3.63) is 0 Å². The van der Waals surface area contributed by atoms with Gasteiger partial charge in [-0.2, -0.15) is 0 Å². The van der Waals surface area contributed by atoms with E-state index in [0.29, 0.717) is 0 Å². The molecule has 0 aromatic heterocycles. The Balaban J connectivity index is -0.0000000112. The van der Waals surface area contributed by atoms with Gasteiger partial charge < -0.3 is 17.9 Å². The van der Waals surface area contributed by atoms with Crippen LogP contribution in [0.1, 0.15) is 16.7 Å². The van der Waals surface area contributed by atoms with Crippen LogP contribution in [-0.4, -0.2) is 77.3 Å². The summed E-state index contributed by atoms with van der Waals surface area (Å²) in [7, 11) is 0. The molecular weight excluding hydrogens is 179 g/mol. The number of ketones is 1. The van der Waals surface area contributed by atoms with Gasteiger partial charge in [-0.05, 0) is 13.8 Å². The maximum atomic E-state index is 9.44. The summed E-state index contributed by atoms with van der Waals surface area (Å²) in [6.45, 7) is 3.06. The third-order valence-electron chi connectivity index (χ3n) is 0. The molecule has 0 unspecified atom stereocenters. The molecule has 0 bridgehead atoms. The van der Waals surface area contributed by atoms with Crippen molar-refractivity contribution in [3.8, 4) is 0 Å². The summed E-state index contributed by atoms with van der Waals surface area (Å²) in [6.07, 6.45) is -1.83. The van der Waals surface area contributed by atoms with Gasteiger partial charge in [0.25, 0.3) is 0 Å². The standard InChI is InChI=1S/C3H6O.CH2O3.Al.Ca.5H/c1-3(2)4;2-1(3)4;;;;;;;/h1-2H3;(H2,2,3,4);;;;;;;/q;;;+2;;;;2*-1. The van der Waals surface area contributed by atoms with Gasteiger partial charge in [-0.1, -0.05) is 0 Å². The van der Waals surface area contributed by atoms with E-state index in [9.17, 15) is 4.79 Å². The van der Waals surface area contributed by atoms with Crippen molar-refractivity contribution in [1.82, 2.24) is 0 Å². The van der Waals surface area contributed by atoms with Crippen molar-refractivity contribution in [2.75, 3.05) is 0 Å². The van der Waals surface area contributed by atoms with Crippen LogP contribution in [0.25, 0.3) is 0 Å². The first-order chi connectivity index (χ1) is 3.46. The van der Waals surface area contributed by atoms with Crippen molar-refractivity contribution in [2.24, 2.45) is 0 Å². The Kier molecular flexibility index (Phi) is 36.7. The molecule has 0 saturated heterocycles. The van der Waals surface area contributed by atoms with E-state index in [4.69, 9.17) is 15.0 Å². The summed E-state index contributed by atoms with van der Waals surface area (Å²) in [5, 5.41) is 13.9. The van der Waals surface area contributed by atoms with Crippen molar-refractivity contribution >= 4 is 67.0 Å². The van der Waals surface area contributed by atoms with Gasteiger partial charge in [-0.3, -0.25) is 0 Å². The Morgan fingerprint density at radius 1 is 1.20 bits per heavy atom. The molecular formula is C4H13AlCaO4. The van der Waals surface area contributed by atoms with Crippen LogP contribution in [0.5, 0.6) is 0 Å². The number of Topliss-reactive ketones (excluding diaryl/α,β-unsaturated/α-hetero) is 1. The summed E-state index contributed by atoms with van der Waals surface area (Å²) in [6, 6.07) is 0. The Labute approximate surface area is 103 Å². The van der Waals surface area contributed by atoms with E-state index < -0.39 is 6.16 Å². The van der Waals surface area contributed by atoms with Gasteiger partial charge in [0, 0.05) is 0 Å². The van der Waals surface area contributed by atoms with Crippen molar-refractivity contribution in [2.45, 2.75) is 13.8 Å².